The highest BCUT2D eigenvalue weighted by Crippen LogP contribution is 2.19. The summed E-state index contributed by atoms with van der Waals surface area (Å²) in [7, 11) is 0. The van der Waals surface area contributed by atoms with E-state index in [-0.39, 0.29) is 11.5 Å². The molecule has 2 rings (SSSR count). The van der Waals surface area contributed by atoms with Crippen molar-refractivity contribution in [3.05, 3.63) is 58.0 Å². The van der Waals surface area contributed by atoms with Crippen LogP contribution in [0.3, 0.4) is 0 Å². The number of aryl methyl sites for hydroxylation is 1. The first kappa shape index (κ1) is 14.0. The van der Waals surface area contributed by atoms with Crippen LogP contribution < -0.4 is 10.9 Å². The van der Waals surface area contributed by atoms with Crippen LogP contribution >= 0.6 is 0 Å². The van der Waals surface area contributed by atoms with Gasteiger partial charge in [-0.05, 0) is 44.0 Å². The summed E-state index contributed by atoms with van der Waals surface area (Å²) in [5, 5.41) is 6.76. The molecule has 104 valence electrons. The molecular formula is C15H17N3O2. The predicted octanol–water partition coefficient (Wildman–Crippen LogP) is 2.06. The summed E-state index contributed by atoms with van der Waals surface area (Å²) < 4.78 is 1.17. The molecule has 1 heterocycles. The Kier molecular flexibility index (Phi) is 3.98. The summed E-state index contributed by atoms with van der Waals surface area (Å²) in [5.41, 5.74) is 2.58. The minimum Gasteiger partial charge on any atom is -0.324 e. The summed E-state index contributed by atoms with van der Waals surface area (Å²) in [5.74, 6) is -0.264. The van der Waals surface area contributed by atoms with Gasteiger partial charge in [0, 0.05) is 18.0 Å². The van der Waals surface area contributed by atoms with E-state index in [9.17, 15) is 9.59 Å². The second kappa shape index (κ2) is 5.69. The van der Waals surface area contributed by atoms with Gasteiger partial charge in [-0.2, -0.15) is 5.10 Å². The lowest BCUT2D eigenvalue weighted by Crippen LogP contribution is -2.32. The molecule has 5 nitrogen and oxygen atoms in total. The van der Waals surface area contributed by atoms with Gasteiger partial charge in [-0.3, -0.25) is 9.59 Å². The van der Waals surface area contributed by atoms with Gasteiger partial charge in [0.05, 0.1) is 0 Å². The molecule has 1 amide bonds. The highest BCUT2D eigenvalue weighted by atomic mass is 16.2. The van der Waals surface area contributed by atoms with E-state index in [2.05, 4.69) is 10.4 Å². The number of rotatable bonds is 3. The van der Waals surface area contributed by atoms with Crippen LogP contribution in [0.1, 0.15) is 24.1 Å². The minimum absolute atomic E-state index is 0.264. The Morgan fingerprint density at radius 2 is 2.00 bits per heavy atom. The minimum atomic E-state index is -0.663. The number of nitrogens with zero attached hydrogens (tertiary/aromatic N) is 2. The lowest BCUT2D eigenvalue weighted by atomic mass is 10.1. The summed E-state index contributed by atoms with van der Waals surface area (Å²) in [6.45, 7) is 5.58. The molecule has 0 aliphatic carbocycles. The van der Waals surface area contributed by atoms with Gasteiger partial charge in [0.15, 0.2) is 0 Å². The highest BCUT2D eigenvalue weighted by molar-refractivity contribution is 5.94. The molecule has 0 spiro atoms. The van der Waals surface area contributed by atoms with Crippen molar-refractivity contribution in [2.24, 2.45) is 0 Å². The van der Waals surface area contributed by atoms with Gasteiger partial charge >= 0.3 is 0 Å². The number of amides is 1. The fourth-order valence-electron chi connectivity index (χ4n) is 1.89. The third kappa shape index (κ3) is 2.77. The largest absolute Gasteiger partial charge is 0.324 e. The quantitative estimate of drug-likeness (QED) is 0.929. The van der Waals surface area contributed by atoms with Crippen LogP contribution in [-0.4, -0.2) is 15.7 Å². The number of hydrogen-bond acceptors (Lipinski definition) is 3. The maximum atomic E-state index is 12.2. The van der Waals surface area contributed by atoms with Crippen LogP contribution in [0.4, 0.5) is 5.69 Å². The molecule has 5 heteroatoms. The smallest absolute Gasteiger partial charge is 0.267 e. The second-order valence-corrected chi connectivity index (χ2v) is 4.72. The van der Waals surface area contributed by atoms with E-state index >= 15 is 0 Å². The number of benzene rings is 1. The molecule has 0 saturated carbocycles. The van der Waals surface area contributed by atoms with E-state index in [1.165, 1.54) is 16.9 Å². The zero-order chi connectivity index (χ0) is 14.7. The molecule has 20 heavy (non-hydrogen) atoms. The van der Waals surface area contributed by atoms with Crippen LogP contribution in [0, 0.1) is 13.8 Å². The topological polar surface area (TPSA) is 64.0 Å². The number of carbonyl (C=O) groups excluding carboxylic acids is 1. The fraction of sp³-hybridized carbons (Fsp3) is 0.267. The fourth-order valence-corrected chi connectivity index (χ4v) is 1.89. The van der Waals surface area contributed by atoms with Crippen molar-refractivity contribution < 1.29 is 4.79 Å². The number of aromatic nitrogens is 2. The molecule has 0 saturated heterocycles. The number of hydrogen-bond donors (Lipinski definition) is 1. The third-order valence-electron chi connectivity index (χ3n) is 3.35. The Labute approximate surface area is 117 Å². The Balaban J connectivity index is 2.23. The summed E-state index contributed by atoms with van der Waals surface area (Å²) >= 11 is 0. The Hall–Kier alpha value is -2.43. The van der Waals surface area contributed by atoms with Gasteiger partial charge in [0.25, 0.3) is 5.56 Å². The highest BCUT2D eigenvalue weighted by Gasteiger charge is 2.17. The zero-order valence-corrected chi connectivity index (χ0v) is 11.8. The maximum Gasteiger partial charge on any atom is 0.267 e. The Morgan fingerprint density at radius 3 is 2.70 bits per heavy atom. The normalized spacial score (nSPS) is 11.9. The van der Waals surface area contributed by atoms with Crippen LogP contribution in [0.5, 0.6) is 0 Å². The summed E-state index contributed by atoms with van der Waals surface area (Å²) in [4.78, 5) is 23.9. The lowest BCUT2D eigenvalue weighted by Gasteiger charge is -2.15. The summed E-state index contributed by atoms with van der Waals surface area (Å²) in [6, 6.07) is 7.98. The molecule has 0 radical (unpaired) electrons. The SMILES string of the molecule is Cc1cccc(NC(=O)[C@@H](C)n2ncccc2=O)c1C. The van der Waals surface area contributed by atoms with Crippen molar-refractivity contribution in [2.75, 3.05) is 5.32 Å². The van der Waals surface area contributed by atoms with Crippen LogP contribution in [0.2, 0.25) is 0 Å². The van der Waals surface area contributed by atoms with Gasteiger partial charge in [-0.15, -0.1) is 0 Å². The van der Waals surface area contributed by atoms with Crippen molar-refractivity contribution in [3.63, 3.8) is 0 Å². The van der Waals surface area contributed by atoms with Crippen molar-refractivity contribution in [2.45, 2.75) is 26.8 Å². The molecule has 1 N–H and O–H groups in total. The van der Waals surface area contributed by atoms with Crippen molar-refractivity contribution in [1.29, 1.82) is 0 Å². The molecule has 0 fully saturated rings. The summed E-state index contributed by atoms with van der Waals surface area (Å²) in [6.07, 6.45) is 1.49. The van der Waals surface area contributed by atoms with E-state index in [4.69, 9.17) is 0 Å². The average molecular weight is 271 g/mol. The molecule has 1 atom stereocenters. The van der Waals surface area contributed by atoms with Gasteiger partial charge in [-0.25, -0.2) is 4.68 Å². The van der Waals surface area contributed by atoms with Gasteiger partial charge in [0.2, 0.25) is 5.91 Å². The first-order chi connectivity index (χ1) is 9.50. The lowest BCUT2D eigenvalue weighted by molar-refractivity contribution is -0.119. The third-order valence-corrected chi connectivity index (χ3v) is 3.35. The molecule has 0 aliphatic heterocycles. The second-order valence-electron chi connectivity index (χ2n) is 4.72. The Bertz CT molecular complexity index is 692. The molecule has 2 aromatic rings. The van der Waals surface area contributed by atoms with Crippen molar-refractivity contribution >= 4 is 11.6 Å². The van der Waals surface area contributed by atoms with Crippen LogP contribution in [0.15, 0.2) is 41.3 Å². The van der Waals surface area contributed by atoms with E-state index in [0.29, 0.717) is 0 Å². The van der Waals surface area contributed by atoms with Crippen molar-refractivity contribution in [1.82, 2.24) is 9.78 Å². The first-order valence-corrected chi connectivity index (χ1v) is 6.41. The molecule has 0 bridgehead atoms. The van der Waals surface area contributed by atoms with Gasteiger partial charge in [0.1, 0.15) is 6.04 Å². The number of nitrogens with one attached hydrogen (secondary N) is 1. The molecule has 1 aromatic heterocycles. The molecular weight excluding hydrogens is 254 g/mol. The van der Waals surface area contributed by atoms with E-state index in [1.54, 1.807) is 13.0 Å². The monoisotopic (exact) mass is 271 g/mol. The molecule has 0 aliphatic rings. The van der Waals surface area contributed by atoms with Crippen LogP contribution in [0.25, 0.3) is 0 Å². The van der Waals surface area contributed by atoms with Gasteiger partial charge < -0.3 is 5.32 Å². The molecule has 1 aromatic carbocycles. The van der Waals surface area contributed by atoms with Crippen LogP contribution in [-0.2, 0) is 4.79 Å². The van der Waals surface area contributed by atoms with Gasteiger partial charge in [-0.1, -0.05) is 12.1 Å². The first-order valence-electron chi connectivity index (χ1n) is 6.41. The van der Waals surface area contributed by atoms with E-state index < -0.39 is 6.04 Å². The predicted molar refractivity (Wildman–Crippen MR) is 77.8 cm³/mol. The van der Waals surface area contributed by atoms with Crippen molar-refractivity contribution in [3.8, 4) is 0 Å². The molecule has 0 unspecified atom stereocenters. The van der Waals surface area contributed by atoms with E-state index in [1.807, 2.05) is 32.0 Å². The number of anilines is 1. The average Bonchev–Trinajstić information content (AvgIpc) is 2.43. The maximum absolute atomic E-state index is 12.2. The van der Waals surface area contributed by atoms with E-state index in [0.717, 1.165) is 16.8 Å². The standard InChI is InChI=1S/C15H17N3O2/c1-10-6-4-7-13(11(10)2)17-15(20)12(3)18-14(19)8-5-9-16-18/h4-9,12H,1-3H3,(H,17,20)/t12-/m1/s1. The number of carbonyl (C=O) groups is 1. The Morgan fingerprint density at radius 1 is 1.25 bits per heavy atom. The zero-order valence-electron chi connectivity index (χ0n) is 11.8.